The molecular formula is C19H19ClFN3O2S. The Labute approximate surface area is 165 Å². The second-order valence-electron chi connectivity index (χ2n) is 6.83. The lowest BCUT2D eigenvalue weighted by Crippen LogP contribution is -2.48. The number of fused-ring (bicyclic) bond motifs is 1. The topological polar surface area (TPSA) is 53.5 Å². The highest BCUT2D eigenvalue weighted by Crippen LogP contribution is 2.28. The summed E-state index contributed by atoms with van der Waals surface area (Å²) in [5, 5.41) is 1.09. The fraction of sp³-hybridized carbons (Fsp3) is 0.421. The van der Waals surface area contributed by atoms with Crippen molar-refractivity contribution in [2.75, 3.05) is 26.2 Å². The first-order valence-corrected chi connectivity index (χ1v) is 10.2. The lowest BCUT2D eigenvalue weighted by Gasteiger charge is -2.34. The fourth-order valence-electron chi connectivity index (χ4n) is 3.55. The third kappa shape index (κ3) is 3.77. The van der Waals surface area contributed by atoms with E-state index in [-0.39, 0.29) is 22.3 Å². The van der Waals surface area contributed by atoms with Crippen molar-refractivity contribution < 1.29 is 14.0 Å². The van der Waals surface area contributed by atoms with Gasteiger partial charge in [0.05, 0.1) is 27.7 Å². The Balaban J connectivity index is 1.38. The van der Waals surface area contributed by atoms with Gasteiger partial charge in [-0.3, -0.25) is 14.5 Å². The minimum absolute atomic E-state index is 0.0567. The summed E-state index contributed by atoms with van der Waals surface area (Å²) in [5.74, 6) is -0.752. The number of thiazole rings is 1. The number of Topliss-reactive ketones (excluding diaryl/α,β-unsaturated/α-hetero) is 1. The average Bonchev–Trinajstić information content (AvgIpc) is 3.06. The zero-order chi connectivity index (χ0) is 19.0. The molecule has 1 saturated heterocycles. The molecule has 0 N–H and O–H groups in total. The summed E-state index contributed by atoms with van der Waals surface area (Å²) >= 11 is 7.50. The molecule has 0 saturated carbocycles. The molecule has 1 amide bonds. The maximum Gasteiger partial charge on any atom is 0.258 e. The predicted molar refractivity (Wildman–Crippen MR) is 102 cm³/mol. The largest absolute Gasteiger partial charge is 0.336 e. The molecule has 0 unspecified atom stereocenters. The van der Waals surface area contributed by atoms with Crippen LogP contribution in [0.15, 0.2) is 18.2 Å². The van der Waals surface area contributed by atoms with E-state index in [0.717, 1.165) is 28.4 Å². The van der Waals surface area contributed by atoms with E-state index >= 15 is 0 Å². The van der Waals surface area contributed by atoms with Gasteiger partial charge in [0.2, 0.25) is 0 Å². The third-order valence-corrected chi connectivity index (χ3v) is 6.45. The summed E-state index contributed by atoms with van der Waals surface area (Å²) in [6, 6.07) is 4.27. The molecule has 0 radical (unpaired) electrons. The molecule has 1 aromatic heterocycles. The van der Waals surface area contributed by atoms with Crippen LogP contribution in [0.3, 0.4) is 0 Å². The molecule has 0 atom stereocenters. The van der Waals surface area contributed by atoms with Crippen LogP contribution in [-0.2, 0) is 13.0 Å². The molecule has 142 valence electrons. The van der Waals surface area contributed by atoms with Crippen LogP contribution < -0.4 is 0 Å². The van der Waals surface area contributed by atoms with Gasteiger partial charge in [0.25, 0.3) is 5.91 Å². The number of nitrogens with zero attached hydrogens (tertiary/aromatic N) is 3. The standard InChI is InChI=1S/C19H19ClFN3O2S/c20-12-3-1-4-13(21)17(12)19(26)24-9-7-23(8-10-24)11-16-22-14-5-2-6-15(25)18(14)27-16/h1,3-4H,2,5-11H2. The number of aromatic nitrogens is 1. The summed E-state index contributed by atoms with van der Waals surface area (Å²) in [5.41, 5.74) is 0.882. The van der Waals surface area contributed by atoms with Gasteiger partial charge in [0.15, 0.2) is 5.78 Å². The van der Waals surface area contributed by atoms with Crippen LogP contribution in [0.1, 0.15) is 43.6 Å². The zero-order valence-electron chi connectivity index (χ0n) is 14.7. The van der Waals surface area contributed by atoms with Crippen molar-refractivity contribution >= 4 is 34.6 Å². The van der Waals surface area contributed by atoms with Crippen molar-refractivity contribution in [3.8, 4) is 0 Å². The first-order chi connectivity index (χ1) is 13.0. The maximum atomic E-state index is 14.0. The molecular weight excluding hydrogens is 389 g/mol. The van der Waals surface area contributed by atoms with Crippen molar-refractivity contribution in [2.24, 2.45) is 0 Å². The SMILES string of the molecule is O=C1CCCc2nc(CN3CCN(C(=O)c4c(F)cccc4Cl)CC3)sc21. The molecule has 2 aromatic rings. The number of benzene rings is 1. The van der Waals surface area contributed by atoms with Gasteiger partial charge in [-0.05, 0) is 25.0 Å². The molecule has 27 heavy (non-hydrogen) atoms. The van der Waals surface area contributed by atoms with Crippen LogP contribution in [-0.4, -0.2) is 52.7 Å². The van der Waals surface area contributed by atoms with E-state index in [1.807, 2.05) is 0 Å². The molecule has 5 nitrogen and oxygen atoms in total. The van der Waals surface area contributed by atoms with Gasteiger partial charge in [-0.2, -0.15) is 0 Å². The van der Waals surface area contributed by atoms with Crippen molar-refractivity contribution in [1.29, 1.82) is 0 Å². The molecule has 1 aliphatic carbocycles. The van der Waals surface area contributed by atoms with E-state index in [1.165, 1.54) is 29.5 Å². The summed E-state index contributed by atoms with van der Waals surface area (Å²) in [6.07, 6.45) is 2.38. The Morgan fingerprint density at radius 1 is 1.22 bits per heavy atom. The molecule has 4 rings (SSSR count). The molecule has 2 aliphatic rings. The van der Waals surface area contributed by atoms with Crippen LogP contribution in [0.4, 0.5) is 4.39 Å². The Kier molecular flexibility index (Phi) is 5.25. The monoisotopic (exact) mass is 407 g/mol. The van der Waals surface area contributed by atoms with E-state index in [1.54, 1.807) is 4.90 Å². The quantitative estimate of drug-likeness (QED) is 0.782. The van der Waals surface area contributed by atoms with E-state index in [2.05, 4.69) is 9.88 Å². The molecule has 0 spiro atoms. The molecule has 1 aliphatic heterocycles. The average molecular weight is 408 g/mol. The van der Waals surface area contributed by atoms with E-state index in [9.17, 15) is 14.0 Å². The molecule has 8 heteroatoms. The summed E-state index contributed by atoms with van der Waals surface area (Å²) in [4.78, 5) is 33.9. The Hall–Kier alpha value is -1.83. The second-order valence-corrected chi connectivity index (χ2v) is 8.32. The first kappa shape index (κ1) is 18.5. The number of ketones is 1. The molecule has 2 heterocycles. The van der Waals surface area contributed by atoms with Gasteiger partial charge < -0.3 is 4.90 Å². The van der Waals surface area contributed by atoms with E-state index < -0.39 is 5.82 Å². The number of carbonyl (C=O) groups excluding carboxylic acids is 2. The van der Waals surface area contributed by atoms with Crippen LogP contribution in [0.2, 0.25) is 5.02 Å². The van der Waals surface area contributed by atoms with Gasteiger partial charge >= 0.3 is 0 Å². The lowest BCUT2D eigenvalue weighted by molar-refractivity contribution is 0.0624. The lowest BCUT2D eigenvalue weighted by atomic mass is 10.0. The third-order valence-electron chi connectivity index (χ3n) is 5.01. The van der Waals surface area contributed by atoms with Gasteiger partial charge in [0.1, 0.15) is 10.8 Å². The van der Waals surface area contributed by atoms with Crippen LogP contribution in [0.25, 0.3) is 0 Å². The highest BCUT2D eigenvalue weighted by Gasteiger charge is 2.27. The molecule has 1 aromatic carbocycles. The normalized spacial score (nSPS) is 17.9. The van der Waals surface area contributed by atoms with Gasteiger partial charge in [0, 0.05) is 32.6 Å². The molecule has 1 fully saturated rings. The number of amides is 1. The minimum atomic E-state index is -0.590. The van der Waals surface area contributed by atoms with Crippen molar-refractivity contribution in [3.63, 3.8) is 0 Å². The number of halogens is 2. The number of rotatable bonds is 3. The number of hydrogen-bond donors (Lipinski definition) is 0. The summed E-state index contributed by atoms with van der Waals surface area (Å²) in [6.45, 7) is 3.04. The summed E-state index contributed by atoms with van der Waals surface area (Å²) < 4.78 is 14.0. The zero-order valence-corrected chi connectivity index (χ0v) is 16.3. The number of carbonyl (C=O) groups is 2. The number of aryl methyl sites for hydroxylation is 1. The Bertz CT molecular complexity index is 873. The predicted octanol–water partition coefficient (Wildman–Crippen LogP) is 3.41. The fourth-order valence-corrected chi connectivity index (χ4v) is 4.91. The van der Waals surface area contributed by atoms with Crippen molar-refractivity contribution in [1.82, 2.24) is 14.8 Å². The van der Waals surface area contributed by atoms with Crippen molar-refractivity contribution in [3.05, 3.63) is 50.2 Å². The van der Waals surface area contributed by atoms with Gasteiger partial charge in [-0.25, -0.2) is 9.37 Å². The van der Waals surface area contributed by atoms with Crippen LogP contribution in [0.5, 0.6) is 0 Å². The number of hydrogen-bond acceptors (Lipinski definition) is 5. The van der Waals surface area contributed by atoms with Crippen LogP contribution in [0, 0.1) is 5.82 Å². The first-order valence-electron chi connectivity index (χ1n) is 9.00. The molecule has 0 bridgehead atoms. The Morgan fingerprint density at radius 2 is 2.00 bits per heavy atom. The van der Waals surface area contributed by atoms with E-state index in [4.69, 9.17) is 11.6 Å². The van der Waals surface area contributed by atoms with E-state index in [0.29, 0.717) is 39.1 Å². The Morgan fingerprint density at radius 3 is 2.70 bits per heavy atom. The summed E-state index contributed by atoms with van der Waals surface area (Å²) in [7, 11) is 0. The van der Waals surface area contributed by atoms with Gasteiger partial charge in [-0.15, -0.1) is 11.3 Å². The number of piperazine rings is 1. The highest BCUT2D eigenvalue weighted by atomic mass is 35.5. The smallest absolute Gasteiger partial charge is 0.258 e. The van der Waals surface area contributed by atoms with Crippen LogP contribution >= 0.6 is 22.9 Å². The van der Waals surface area contributed by atoms with Crippen molar-refractivity contribution in [2.45, 2.75) is 25.8 Å². The second kappa shape index (κ2) is 7.66. The van der Waals surface area contributed by atoms with Gasteiger partial charge in [-0.1, -0.05) is 17.7 Å². The maximum absolute atomic E-state index is 14.0. The highest BCUT2D eigenvalue weighted by molar-refractivity contribution is 7.13. The minimum Gasteiger partial charge on any atom is -0.336 e.